The molecule has 2 aromatic rings. The van der Waals surface area contributed by atoms with Crippen LogP contribution in [0.25, 0.3) is 0 Å². The molecule has 1 aliphatic rings. The minimum Gasteiger partial charge on any atom is -0.379 e. The van der Waals surface area contributed by atoms with Gasteiger partial charge in [-0.1, -0.05) is 6.07 Å². The zero-order chi connectivity index (χ0) is 14.1. The smallest absolute Gasteiger partial charge is 0.126 e. The van der Waals surface area contributed by atoms with E-state index in [4.69, 9.17) is 0 Å². The van der Waals surface area contributed by atoms with E-state index in [9.17, 15) is 8.78 Å². The molecule has 0 aromatic heterocycles. The minimum absolute atomic E-state index is 0.139. The van der Waals surface area contributed by atoms with Crippen LogP contribution in [0.3, 0.4) is 0 Å². The Bertz CT molecular complexity index is 617. The molecule has 0 saturated heterocycles. The van der Waals surface area contributed by atoms with E-state index in [1.807, 2.05) is 13.0 Å². The van der Waals surface area contributed by atoms with Gasteiger partial charge in [0.1, 0.15) is 11.6 Å². The lowest BCUT2D eigenvalue weighted by atomic mass is 10.1. The Morgan fingerprint density at radius 3 is 2.40 bits per heavy atom. The number of rotatable bonds is 3. The molecule has 20 heavy (non-hydrogen) atoms. The lowest BCUT2D eigenvalue weighted by molar-refractivity contribution is 0.577. The van der Waals surface area contributed by atoms with Crippen LogP contribution in [-0.4, -0.2) is 0 Å². The normalized spacial score (nSPS) is 14.9. The van der Waals surface area contributed by atoms with Crippen molar-refractivity contribution < 1.29 is 8.78 Å². The summed E-state index contributed by atoms with van der Waals surface area (Å²) in [5.74, 6) is -1.08. The highest BCUT2D eigenvalue weighted by atomic mass is 19.1. The van der Waals surface area contributed by atoms with Crippen molar-refractivity contribution in [1.82, 2.24) is 0 Å². The van der Waals surface area contributed by atoms with Gasteiger partial charge in [0.2, 0.25) is 0 Å². The van der Waals surface area contributed by atoms with Crippen molar-refractivity contribution in [3.63, 3.8) is 0 Å². The van der Waals surface area contributed by atoms with Gasteiger partial charge in [-0.15, -0.1) is 0 Å². The fraction of sp³-hybridized carbons (Fsp3) is 0.294. The van der Waals surface area contributed by atoms with Crippen molar-refractivity contribution in [2.75, 3.05) is 5.32 Å². The molecule has 1 nitrogen and oxygen atoms in total. The molecular weight excluding hydrogens is 256 g/mol. The zero-order valence-electron chi connectivity index (χ0n) is 11.4. The number of hydrogen-bond acceptors (Lipinski definition) is 1. The molecule has 2 aromatic carbocycles. The molecule has 0 aliphatic heterocycles. The lowest BCUT2D eigenvalue weighted by Crippen LogP contribution is -2.07. The maximum Gasteiger partial charge on any atom is 0.126 e. The SMILES string of the molecule is CC(Nc1ccc2c(c1)CCC2)c1cc(F)cc(F)c1. The largest absolute Gasteiger partial charge is 0.379 e. The summed E-state index contributed by atoms with van der Waals surface area (Å²) in [5.41, 5.74) is 4.42. The Morgan fingerprint density at radius 1 is 0.950 bits per heavy atom. The standard InChI is InChI=1S/C17H17F2N/c1-11(14-7-15(18)10-16(19)8-14)20-17-6-5-12-3-2-4-13(12)9-17/h5-11,20H,2-4H2,1H3. The summed E-state index contributed by atoms with van der Waals surface area (Å²) in [7, 11) is 0. The third kappa shape index (κ3) is 2.67. The third-order valence-electron chi connectivity index (χ3n) is 3.87. The Labute approximate surface area is 117 Å². The van der Waals surface area contributed by atoms with Crippen LogP contribution in [0.2, 0.25) is 0 Å². The maximum absolute atomic E-state index is 13.2. The molecular formula is C17H17F2N. The first-order chi connectivity index (χ1) is 9.61. The van der Waals surface area contributed by atoms with Crippen LogP contribution in [0.1, 0.15) is 36.1 Å². The molecule has 0 spiro atoms. The molecule has 104 valence electrons. The zero-order valence-corrected chi connectivity index (χ0v) is 11.4. The van der Waals surface area contributed by atoms with E-state index in [2.05, 4.69) is 17.4 Å². The van der Waals surface area contributed by atoms with Gasteiger partial charge in [-0.3, -0.25) is 0 Å². The molecule has 0 bridgehead atoms. The Balaban J connectivity index is 1.80. The highest BCUT2D eigenvalue weighted by molar-refractivity contribution is 5.51. The van der Waals surface area contributed by atoms with Crippen molar-refractivity contribution in [2.24, 2.45) is 0 Å². The lowest BCUT2D eigenvalue weighted by Gasteiger charge is -2.17. The molecule has 0 fully saturated rings. The van der Waals surface area contributed by atoms with Crippen LogP contribution >= 0.6 is 0 Å². The number of fused-ring (bicyclic) bond motifs is 1. The fourth-order valence-electron chi connectivity index (χ4n) is 2.82. The third-order valence-corrected chi connectivity index (χ3v) is 3.87. The molecule has 1 N–H and O–H groups in total. The molecule has 1 unspecified atom stereocenters. The van der Waals surface area contributed by atoms with Crippen molar-refractivity contribution in [2.45, 2.75) is 32.2 Å². The van der Waals surface area contributed by atoms with Gasteiger partial charge in [0.25, 0.3) is 0 Å². The van der Waals surface area contributed by atoms with Crippen LogP contribution in [0.15, 0.2) is 36.4 Å². The highest BCUT2D eigenvalue weighted by Gasteiger charge is 2.13. The predicted octanol–water partition coefficient (Wildman–Crippen LogP) is 4.63. The number of halogens is 2. The second-order valence-electron chi connectivity index (χ2n) is 5.41. The average molecular weight is 273 g/mol. The van der Waals surface area contributed by atoms with E-state index in [0.29, 0.717) is 5.56 Å². The summed E-state index contributed by atoms with van der Waals surface area (Å²) in [6, 6.07) is 9.82. The van der Waals surface area contributed by atoms with E-state index in [1.165, 1.54) is 29.7 Å². The predicted molar refractivity (Wildman–Crippen MR) is 76.9 cm³/mol. The number of benzene rings is 2. The summed E-state index contributed by atoms with van der Waals surface area (Å²) < 4.78 is 26.5. The fourth-order valence-corrected chi connectivity index (χ4v) is 2.82. The van der Waals surface area contributed by atoms with E-state index in [-0.39, 0.29) is 6.04 Å². The second-order valence-corrected chi connectivity index (χ2v) is 5.41. The highest BCUT2D eigenvalue weighted by Crippen LogP contribution is 2.27. The molecule has 0 saturated carbocycles. The van der Waals surface area contributed by atoms with Gasteiger partial charge in [-0.2, -0.15) is 0 Å². The van der Waals surface area contributed by atoms with Crippen LogP contribution < -0.4 is 5.32 Å². The number of aryl methyl sites for hydroxylation is 2. The Kier molecular flexibility index (Phi) is 3.43. The summed E-state index contributed by atoms with van der Waals surface area (Å²) in [5, 5.41) is 3.31. The van der Waals surface area contributed by atoms with Gasteiger partial charge >= 0.3 is 0 Å². The molecule has 3 heteroatoms. The van der Waals surface area contributed by atoms with Crippen molar-refractivity contribution >= 4 is 5.69 Å². The van der Waals surface area contributed by atoms with Gasteiger partial charge in [0.15, 0.2) is 0 Å². The molecule has 0 heterocycles. The van der Waals surface area contributed by atoms with Crippen molar-refractivity contribution in [1.29, 1.82) is 0 Å². The van der Waals surface area contributed by atoms with E-state index >= 15 is 0 Å². The maximum atomic E-state index is 13.2. The van der Waals surface area contributed by atoms with Crippen LogP contribution in [0.4, 0.5) is 14.5 Å². The quantitative estimate of drug-likeness (QED) is 0.860. The molecule has 1 aliphatic carbocycles. The van der Waals surface area contributed by atoms with Gasteiger partial charge < -0.3 is 5.32 Å². The monoisotopic (exact) mass is 273 g/mol. The number of anilines is 1. The first-order valence-electron chi connectivity index (χ1n) is 6.96. The summed E-state index contributed by atoms with van der Waals surface area (Å²) in [6.07, 6.45) is 3.48. The summed E-state index contributed by atoms with van der Waals surface area (Å²) in [4.78, 5) is 0. The molecule has 3 rings (SSSR count). The number of nitrogens with one attached hydrogen (secondary N) is 1. The Hall–Kier alpha value is -1.90. The first kappa shape index (κ1) is 13.1. The summed E-state index contributed by atoms with van der Waals surface area (Å²) in [6.45, 7) is 1.90. The van der Waals surface area contributed by atoms with Crippen LogP contribution in [-0.2, 0) is 12.8 Å². The first-order valence-corrected chi connectivity index (χ1v) is 6.96. The van der Waals surface area contributed by atoms with E-state index in [0.717, 1.165) is 24.6 Å². The molecule has 0 radical (unpaired) electrons. The number of hydrogen-bond donors (Lipinski definition) is 1. The molecule has 1 atom stereocenters. The van der Waals surface area contributed by atoms with Crippen molar-refractivity contribution in [3.05, 3.63) is 64.7 Å². The van der Waals surface area contributed by atoms with Crippen molar-refractivity contribution in [3.8, 4) is 0 Å². The average Bonchev–Trinajstić information content (AvgIpc) is 2.85. The van der Waals surface area contributed by atoms with Crippen LogP contribution in [0.5, 0.6) is 0 Å². The van der Waals surface area contributed by atoms with Gasteiger partial charge in [-0.05, 0) is 67.1 Å². The second kappa shape index (κ2) is 5.23. The summed E-state index contributed by atoms with van der Waals surface area (Å²) >= 11 is 0. The van der Waals surface area contributed by atoms with Gasteiger partial charge in [0, 0.05) is 17.8 Å². The molecule has 0 amide bonds. The van der Waals surface area contributed by atoms with E-state index < -0.39 is 11.6 Å². The van der Waals surface area contributed by atoms with E-state index in [1.54, 1.807) is 0 Å². The van der Waals surface area contributed by atoms with Gasteiger partial charge in [-0.25, -0.2) is 8.78 Å². The van der Waals surface area contributed by atoms with Crippen LogP contribution in [0, 0.1) is 11.6 Å². The van der Waals surface area contributed by atoms with Gasteiger partial charge in [0.05, 0.1) is 0 Å². The Morgan fingerprint density at radius 2 is 1.65 bits per heavy atom. The minimum atomic E-state index is -0.539. The topological polar surface area (TPSA) is 12.0 Å².